The predicted molar refractivity (Wildman–Crippen MR) is 65.2 cm³/mol. The monoisotopic (exact) mass is 247 g/mol. The molecule has 0 bridgehead atoms. The Hall–Kier alpha value is -2.17. The number of hydrogen-bond acceptors (Lipinski definition) is 5. The van der Waals surface area contributed by atoms with Gasteiger partial charge in [-0.1, -0.05) is 0 Å². The zero-order valence-electron chi connectivity index (χ0n) is 10.0. The summed E-state index contributed by atoms with van der Waals surface area (Å²) in [6.45, 7) is 0.718. The quantitative estimate of drug-likeness (QED) is 0.593. The van der Waals surface area contributed by atoms with E-state index in [4.69, 9.17) is 9.47 Å². The summed E-state index contributed by atoms with van der Waals surface area (Å²) in [4.78, 5) is 27.3. The number of rotatable bonds is 4. The normalized spacial score (nSPS) is 14.7. The van der Waals surface area contributed by atoms with Crippen LogP contribution in [0.1, 0.15) is 16.8 Å². The van der Waals surface area contributed by atoms with Crippen LogP contribution in [0.15, 0.2) is 29.3 Å². The van der Waals surface area contributed by atoms with Gasteiger partial charge in [0.2, 0.25) is 0 Å². The number of esters is 1. The number of benzene rings is 1. The fourth-order valence-electron chi connectivity index (χ4n) is 1.63. The van der Waals surface area contributed by atoms with E-state index in [1.54, 1.807) is 31.4 Å². The minimum absolute atomic E-state index is 0.0227. The van der Waals surface area contributed by atoms with Gasteiger partial charge in [-0.25, -0.2) is 4.79 Å². The molecule has 0 N–H and O–H groups in total. The molecule has 1 heterocycles. The van der Waals surface area contributed by atoms with Crippen molar-refractivity contribution in [3.63, 3.8) is 0 Å². The van der Waals surface area contributed by atoms with Crippen molar-refractivity contribution in [3.8, 4) is 5.75 Å². The summed E-state index contributed by atoms with van der Waals surface area (Å²) in [5.41, 5.74) is 0.721. The highest BCUT2D eigenvalue weighted by Gasteiger charge is 2.20. The highest BCUT2D eigenvalue weighted by molar-refractivity contribution is 6.41. The first kappa shape index (κ1) is 12.3. The average Bonchev–Trinajstić information content (AvgIpc) is 2.41. The lowest BCUT2D eigenvalue weighted by Crippen LogP contribution is -2.26. The van der Waals surface area contributed by atoms with Crippen molar-refractivity contribution in [1.29, 1.82) is 0 Å². The number of ketones is 1. The van der Waals surface area contributed by atoms with Crippen LogP contribution in [0.5, 0.6) is 5.75 Å². The van der Waals surface area contributed by atoms with Crippen LogP contribution in [-0.4, -0.2) is 37.7 Å². The predicted octanol–water partition coefficient (Wildman–Crippen LogP) is 1.27. The molecule has 0 aromatic heterocycles. The Bertz CT molecular complexity index is 490. The van der Waals surface area contributed by atoms with E-state index in [1.165, 1.54) is 0 Å². The largest absolute Gasteiger partial charge is 0.497 e. The molecule has 0 amide bonds. The summed E-state index contributed by atoms with van der Waals surface area (Å²) in [5.74, 6) is 0.0272. The number of aliphatic imine (C=N–C) groups is 1. The molecule has 0 radical (unpaired) electrons. The minimum Gasteiger partial charge on any atom is -0.497 e. The fourth-order valence-corrected chi connectivity index (χ4v) is 1.63. The zero-order chi connectivity index (χ0) is 13.0. The Labute approximate surface area is 104 Å². The summed E-state index contributed by atoms with van der Waals surface area (Å²) >= 11 is 0. The van der Waals surface area contributed by atoms with Crippen molar-refractivity contribution in [2.75, 3.05) is 20.3 Å². The summed E-state index contributed by atoms with van der Waals surface area (Å²) in [7, 11) is 1.56. The van der Waals surface area contributed by atoms with Gasteiger partial charge in [0.25, 0.3) is 0 Å². The second-order valence-electron chi connectivity index (χ2n) is 3.79. The molecule has 5 nitrogen and oxygen atoms in total. The van der Waals surface area contributed by atoms with Gasteiger partial charge in [-0.15, -0.1) is 0 Å². The first-order valence-corrected chi connectivity index (χ1v) is 5.58. The van der Waals surface area contributed by atoms with Crippen LogP contribution in [0.25, 0.3) is 0 Å². The van der Waals surface area contributed by atoms with Gasteiger partial charge < -0.3 is 9.47 Å². The van der Waals surface area contributed by atoms with E-state index in [0.29, 0.717) is 24.5 Å². The Morgan fingerprint density at radius 1 is 1.39 bits per heavy atom. The first-order valence-electron chi connectivity index (χ1n) is 5.58. The van der Waals surface area contributed by atoms with E-state index in [9.17, 15) is 9.59 Å². The second-order valence-corrected chi connectivity index (χ2v) is 3.79. The van der Waals surface area contributed by atoms with Crippen molar-refractivity contribution in [2.24, 2.45) is 4.99 Å². The Morgan fingerprint density at radius 2 is 2.11 bits per heavy atom. The molecule has 1 aromatic rings. The molecule has 0 atom stereocenters. The van der Waals surface area contributed by atoms with Crippen molar-refractivity contribution >= 4 is 17.5 Å². The molecule has 0 aliphatic carbocycles. The lowest BCUT2D eigenvalue weighted by atomic mass is 10.1. The molecule has 0 saturated heterocycles. The standard InChI is InChI=1S/C13H13NO4/c1-17-10-4-2-9(3-5-10)12(15)8-11-13(16)18-7-6-14-11/h2-5H,6-8H2,1H3. The smallest absolute Gasteiger partial charge is 0.352 e. The van der Waals surface area contributed by atoms with Crippen LogP contribution in [0, 0.1) is 0 Å². The van der Waals surface area contributed by atoms with Gasteiger partial charge in [-0.3, -0.25) is 9.79 Å². The SMILES string of the molecule is COc1ccc(C(=O)CC2=NCCOC2=O)cc1. The lowest BCUT2D eigenvalue weighted by molar-refractivity contribution is -0.136. The Morgan fingerprint density at radius 3 is 2.72 bits per heavy atom. The van der Waals surface area contributed by atoms with Gasteiger partial charge in [-0.05, 0) is 24.3 Å². The maximum absolute atomic E-state index is 11.9. The van der Waals surface area contributed by atoms with Crippen molar-refractivity contribution < 1.29 is 19.1 Å². The molecule has 94 valence electrons. The number of ether oxygens (including phenoxy) is 2. The first-order chi connectivity index (χ1) is 8.70. The second kappa shape index (κ2) is 5.44. The summed E-state index contributed by atoms with van der Waals surface area (Å²) in [6.07, 6.45) is -0.0227. The molecule has 1 aliphatic rings. The number of hydrogen-bond donors (Lipinski definition) is 0. The van der Waals surface area contributed by atoms with E-state index >= 15 is 0 Å². The van der Waals surface area contributed by atoms with Crippen LogP contribution in [0.4, 0.5) is 0 Å². The third-order valence-electron chi connectivity index (χ3n) is 2.60. The number of methoxy groups -OCH3 is 1. The minimum atomic E-state index is -0.497. The van der Waals surface area contributed by atoms with E-state index < -0.39 is 5.97 Å². The maximum atomic E-state index is 11.9. The Balaban J connectivity index is 2.07. The van der Waals surface area contributed by atoms with Crippen molar-refractivity contribution in [1.82, 2.24) is 0 Å². The van der Waals surface area contributed by atoms with Gasteiger partial charge >= 0.3 is 5.97 Å². The summed E-state index contributed by atoms with van der Waals surface area (Å²) in [5, 5.41) is 0. The van der Waals surface area contributed by atoms with Crippen LogP contribution in [-0.2, 0) is 9.53 Å². The summed E-state index contributed by atoms with van der Waals surface area (Å²) < 4.78 is 9.83. The van der Waals surface area contributed by atoms with Gasteiger partial charge in [0, 0.05) is 5.56 Å². The molecule has 5 heteroatoms. The average molecular weight is 247 g/mol. The van der Waals surface area contributed by atoms with Gasteiger partial charge in [0.05, 0.1) is 20.1 Å². The van der Waals surface area contributed by atoms with Crippen LogP contribution in [0.3, 0.4) is 0 Å². The third-order valence-corrected chi connectivity index (χ3v) is 2.60. The van der Waals surface area contributed by atoms with Crippen LogP contribution in [0.2, 0.25) is 0 Å². The van der Waals surface area contributed by atoms with Gasteiger partial charge in [0.1, 0.15) is 18.1 Å². The molecule has 0 fully saturated rings. The maximum Gasteiger partial charge on any atom is 0.352 e. The van der Waals surface area contributed by atoms with Crippen LogP contribution < -0.4 is 4.74 Å². The van der Waals surface area contributed by atoms with Gasteiger partial charge in [0.15, 0.2) is 5.78 Å². The molecular formula is C13H13NO4. The molecule has 2 rings (SSSR count). The number of carbonyl (C=O) groups excluding carboxylic acids is 2. The van der Waals surface area contributed by atoms with E-state index in [0.717, 1.165) is 0 Å². The van der Waals surface area contributed by atoms with E-state index in [-0.39, 0.29) is 17.9 Å². The van der Waals surface area contributed by atoms with E-state index in [1.807, 2.05) is 0 Å². The molecule has 0 saturated carbocycles. The lowest BCUT2D eigenvalue weighted by Gasteiger charge is -2.11. The van der Waals surface area contributed by atoms with Crippen LogP contribution >= 0.6 is 0 Å². The number of Topliss-reactive ketones (excluding diaryl/α,β-unsaturated/α-hetero) is 1. The molecular weight excluding hydrogens is 234 g/mol. The number of carbonyl (C=O) groups is 2. The van der Waals surface area contributed by atoms with Gasteiger partial charge in [-0.2, -0.15) is 0 Å². The summed E-state index contributed by atoms with van der Waals surface area (Å²) in [6, 6.07) is 6.73. The Kier molecular flexibility index (Phi) is 3.72. The zero-order valence-corrected chi connectivity index (χ0v) is 10.0. The van der Waals surface area contributed by atoms with E-state index in [2.05, 4.69) is 4.99 Å². The molecule has 0 spiro atoms. The molecule has 1 aromatic carbocycles. The topological polar surface area (TPSA) is 65.0 Å². The number of nitrogens with zero attached hydrogens (tertiary/aromatic N) is 1. The van der Waals surface area contributed by atoms with Crippen molar-refractivity contribution in [2.45, 2.75) is 6.42 Å². The highest BCUT2D eigenvalue weighted by atomic mass is 16.5. The molecule has 1 aliphatic heterocycles. The van der Waals surface area contributed by atoms with Crippen molar-refractivity contribution in [3.05, 3.63) is 29.8 Å². The molecule has 18 heavy (non-hydrogen) atoms. The number of cyclic esters (lactones) is 1. The fraction of sp³-hybridized carbons (Fsp3) is 0.308. The highest BCUT2D eigenvalue weighted by Crippen LogP contribution is 2.13. The molecule has 0 unspecified atom stereocenters. The third kappa shape index (κ3) is 2.74.